The Kier molecular flexibility index (Phi) is 4.99. The van der Waals surface area contributed by atoms with E-state index < -0.39 is 6.10 Å². The lowest BCUT2D eigenvalue weighted by molar-refractivity contribution is -0.127. The maximum absolute atomic E-state index is 11.9. The molecule has 1 amide bonds. The van der Waals surface area contributed by atoms with Crippen LogP contribution in [0.4, 0.5) is 0 Å². The van der Waals surface area contributed by atoms with Gasteiger partial charge in [-0.15, -0.1) is 0 Å². The van der Waals surface area contributed by atoms with Crippen molar-refractivity contribution in [3.8, 4) is 5.75 Å². The van der Waals surface area contributed by atoms with Crippen molar-refractivity contribution in [1.82, 2.24) is 5.32 Å². The number of fused-ring (bicyclic) bond motifs is 1. The molecule has 3 nitrogen and oxygen atoms in total. The molecule has 0 fully saturated rings. The molecule has 1 unspecified atom stereocenters. The number of carbonyl (C=O) groups excluding carboxylic acids is 1. The van der Waals surface area contributed by atoms with Crippen molar-refractivity contribution >= 4 is 16.7 Å². The van der Waals surface area contributed by atoms with Crippen molar-refractivity contribution in [3.05, 3.63) is 42.5 Å². The largest absolute Gasteiger partial charge is 0.480 e. The maximum Gasteiger partial charge on any atom is 0.260 e. The lowest BCUT2D eigenvalue weighted by Gasteiger charge is -2.16. The van der Waals surface area contributed by atoms with Crippen molar-refractivity contribution < 1.29 is 9.53 Å². The normalized spacial score (nSPS) is 12.1. The molecule has 1 atom stereocenters. The molecular weight excluding hydrogens is 250 g/mol. The number of hydrogen-bond donors (Lipinski definition) is 1. The lowest BCUT2D eigenvalue weighted by atomic mass is 10.1. The first-order chi connectivity index (χ1) is 9.72. The van der Waals surface area contributed by atoms with Crippen LogP contribution in [0, 0.1) is 0 Å². The molecule has 0 aliphatic carbocycles. The van der Waals surface area contributed by atoms with Crippen LogP contribution in [-0.4, -0.2) is 18.6 Å². The number of ether oxygens (including phenoxy) is 1. The van der Waals surface area contributed by atoms with Gasteiger partial charge in [-0.05, 0) is 24.8 Å². The number of amides is 1. The zero-order chi connectivity index (χ0) is 14.4. The van der Waals surface area contributed by atoms with Gasteiger partial charge in [0.25, 0.3) is 5.91 Å². The topological polar surface area (TPSA) is 38.3 Å². The van der Waals surface area contributed by atoms with Crippen molar-refractivity contribution in [1.29, 1.82) is 0 Å². The fourth-order valence-electron chi connectivity index (χ4n) is 2.07. The van der Waals surface area contributed by atoms with E-state index in [1.807, 2.05) is 42.5 Å². The van der Waals surface area contributed by atoms with Crippen LogP contribution in [0.1, 0.15) is 26.7 Å². The van der Waals surface area contributed by atoms with E-state index in [1.165, 1.54) is 0 Å². The summed E-state index contributed by atoms with van der Waals surface area (Å²) in [6.45, 7) is 4.59. The molecular formula is C17H21NO2. The third-order valence-electron chi connectivity index (χ3n) is 3.25. The summed E-state index contributed by atoms with van der Waals surface area (Å²) in [6, 6.07) is 13.9. The van der Waals surface area contributed by atoms with Gasteiger partial charge in [0.15, 0.2) is 6.10 Å². The predicted octanol–water partition coefficient (Wildman–Crippen LogP) is 3.52. The number of hydrogen-bond acceptors (Lipinski definition) is 2. The Morgan fingerprint density at radius 3 is 2.75 bits per heavy atom. The Bertz CT molecular complexity index is 575. The molecule has 0 aliphatic heterocycles. The molecule has 0 bridgehead atoms. The van der Waals surface area contributed by atoms with Crippen molar-refractivity contribution in [2.24, 2.45) is 0 Å². The summed E-state index contributed by atoms with van der Waals surface area (Å²) in [5.74, 6) is 0.688. The lowest BCUT2D eigenvalue weighted by Crippen LogP contribution is -2.36. The molecule has 20 heavy (non-hydrogen) atoms. The van der Waals surface area contributed by atoms with Crippen LogP contribution in [0.2, 0.25) is 0 Å². The zero-order valence-electron chi connectivity index (χ0n) is 12.1. The summed E-state index contributed by atoms with van der Waals surface area (Å²) < 4.78 is 5.81. The van der Waals surface area contributed by atoms with Crippen molar-refractivity contribution in [2.45, 2.75) is 32.8 Å². The van der Waals surface area contributed by atoms with E-state index in [2.05, 4.69) is 12.2 Å². The van der Waals surface area contributed by atoms with Gasteiger partial charge in [-0.25, -0.2) is 0 Å². The first-order valence-corrected chi connectivity index (χ1v) is 7.14. The van der Waals surface area contributed by atoms with Gasteiger partial charge in [-0.1, -0.05) is 49.7 Å². The van der Waals surface area contributed by atoms with Crippen LogP contribution in [0.3, 0.4) is 0 Å². The molecule has 2 rings (SSSR count). The molecule has 106 valence electrons. The Balaban J connectivity index is 2.06. The van der Waals surface area contributed by atoms with E-state index in [4.69, 9.17) is 4.74 Å². The van der Waals surface area contributed by atoms with E-state index >= 15 is 0 Å². The highest BCUT2D eigenvalue weighted by molar-refractivity contribution is 5.89. The molecule has 0 aromatic heterocycles. The average molecular weight is 271 g/mol. The van der Waals surface area contributed by atoms with Crippen LogP contribution in [0.25, 0.3) is 10.8 Å². The van der Waals surface area contributed by atoms with Gasteiger partial charge >= 0.3 is 0 Å². The van der Waals surface area contributed by atoms with Crippen LogP contribution in [0.15, 0.2) is 42.5 Å². The van der Waals surface area contributed by atoms with Gasteiger partial charge in [0.1, 0.15) is 5.75 Å². The summed E-state index contributed by atoms with van der Waals surface area (Å²) in [5.41, 5.74) is 0. The molecule has 3 heteroatoms. The van der Waals surface area contributed by atoms with Gasteiger partial charge in [-0.2, -0.15) is 0 Å². The van der Waals surface area contributed by atoms with Crippen LogP contribution in [0.5, 0.6) is 5.75 Å². The average Bonchev–Trinajstić information content (AvgIpc) is 2.47. The summed E-state index contributed by atoms with van der Waals surface area (Å²) in [4.78, 5) is 11.9. The quantitative estimate of drug-likeness (QED) is 0.816. The second-order valence-corrected chi connectivity index (χ2v) is 4.88. The maximum atomic E-state index is 11.9. The number of rotatable bonds is 6. The minimum absolute atomic E-state index is 0.0635. The summed E-state index contributed by atoms with van der Waals surface area (Å²) >= 11 is 0. The third-order valence-corrected chi connectivity index (χ3v) is 3.25. The Hall–Kier alpha value is -2.03. The molecule has 2 aromatic rings. The Morgan fingerprint density at radius 1 is 1.20 bits per heavy atom. The minimum Gasteiger partial charge on any atom is -0.480 e. The summed E-state index contributed by atoms with van der Waals surface area (Å²) in [5, 5.41) is 5.03. The summed E-state index contributed by atoms with van der Waals surface area (Å²) in [6.07, 6.45) is 1.57. The molecule has 0 aliphatic rings. The monoisotopic (exact) mass is 271 g/mol. The summed E-state index contributed by atoms with van der Waals surface area (Å²) in [7, 11) is 0. The number of nitrogens with one attached hydrogen (secondary N) is 1. The van der Waals surface area contributed by atoms with Gasteiger partial charge in [0.05, 0.1) is 0 Å². The van der Waals surface area contributed by atoms with Crippen molar-refractivity contribution in [3.63, 3.8) is 0 Å². The van der Waals surface area contributed by atoms with E-state index in [0.29, 0.717) is 6.54 Å². The van der Waals surface area contributed by atoms with E-state index in [-0.39, 0.29) is 5.91 Å². The highest BCUT2D eigenvalue weighted by Gasteiger charge is 2.14. The molecule has 2 aromatic carbocycles. The highest BCUT2D eigenvalue weighted by Crippen LogP contribution is 2.25. The Morgan fingerprint density at radius 2 is 1.95 bits per heavy atom. The standard InChI is InChI=1S/C17H21NO2/c1-3-4-12-18-17(19)13(2)20-16-11-7-9-14-8-5-6-10-15(14)16/h5-11,13H,3-4,12H2,1-2H3,(H,18,19). The minimum atomic E-state index is -0.488. The number of carbonyl (C=O) groups is 1. The molecule has 0 heterocycles. The molecule has 0 saturated heterocycles. The highest BCUT2D eigenvalue weighted by atomic mass is 16.5. The second kappa shape index (κ2) is 6.94. The first kappa shape index (κ1) is 14.4. The molecule has 1 N–H and O–H groups in total. The van der Waals surface area contributed by atoms with Gasteiger partial charge in [-0.3, -0.25) is 4.79 Å². The number of unbranched alkanes of at least 4 members (excludes halogenated alkanes) is 1. The van der Waals surface area contributed by atoms with E-state index in [1.54, 1.807) is 6.92 Å². The second-order valence-electron chi connectivity index (χ2n) is 4.88. The zero-order valence-corrected chi connectivity index (χ0v) is 12.1. The van der Waals surface area contributed by atoms with Gasteiger partial charge in [0.2, 0.25) is 0 Å². The van der Waals surface area contributed by atoms with E-state index in [9.17, 15) is 4.79 Å². The third kappa shape index (κ3) is 3.50. The fourth-order valence-corrected chi connectivity index (χ4v) is 2.07. The Labute approximate surface area is 119 Å². The fraction of sp³-hybridized carbons (Fsp3) is 0.353. The molecule has 0 saturated carbocycles. The van der Waals surface area contributed by atoms with Crippen LogP contribution >= 0.6 is 0 Å². The van der Waals surface area contributed by atoms with Crippen LogP contribution in [-0.2, 0) is 4.79 Å². The predicted molar refractivity (Wildman–Crippen MR) is 82.0 cm³/mol. The molecule has 0 spiro atoms. The van der Waals surface area contributed by atoms with Gasteiger partial charge in [0, 0.05) is 11.9 Å². The van der Waals surface area contributed by atoms with Gasteiger partial charge < -0.3 is 10.1 Å². The smallest absolute Gasteiger partial charge is 0.260 e. The SMILES string of the molecule is CCCCNC(=O)C(C)Oc1cccc2ccccc12. The van der Waals surface area contributed by atoms with Crippen LogP contribution < -0.4 is 10.1 Å². The van der Waals surface area contributed by atoms with E-state index in [0.717, 1.165) is 29.4 Å². The first-order valence-electron chi connectivity index (χ1n) is 7.14. The molecule has 0 radical (unpaired) electrons. The number of benzene rings is 2. The van der Waals surface area contributed by atoms with Crippen molar-refractivity contribution in [2.75, 3.05) is 6.54 Å².